The summed E-state index contributed by atoms with van der Waals surface area (Å²) in [4.78, 5) is 25.9. The maximum Gasteiger partial charge on any atom is 0.222 e. The molecule has 6 nitrogen and oxygen atoms in total. The number of rotatable bonds is 6. The van der Waals surface area contributed by atoms with Crippen molar-refractivity contribution < 1.29 is 14.0 Å². The van der Waals surface area contributed by atoms with Crippen LogP contribution in [-0.2, 0) is 9.59 Å². The van der Waals surface area contributed by atoms with Crippen LogP contribution in [0.2, 0.25) is 0 Å². The largest absolute Gasteiger partial charge is 0.349 e. The van der Waals surface area contributed by atoms with Crippen LogP contribution in [0.4, 0.5) is 4.39 Å². The molecule has 27 heavy (non-hydrogen) atoms. The molecule has 0 radical (unpaired) electrons. The molecule has 1 aliphatic rings. The Morgan fingerprint density at radius 1 is 1.37 bits per heavy atom. The first-order chi connectivity index (χ1) is 13.0. The summed E-state index contributed by atoms with van der Waals surface area (Å²) in [5.74, 6) is -0.286. The lowest BCUT2D eigenvalue weighted by Gasteiger charge is -2.26. The summed E-state index contributed by atoms with van der Waals surface area (Å²) >= 11 is 0. The molecule has 0 saturated carbocycles. The van der Waals surface area contributed by atoms with Crippen LogP contribution < -0.4 is 5.32 Å². The summed E-state index contributed by atoms with van der Waals surface area (Å²) < 4.78 is 15.1. The van der Waals surface area contributed by atoms with E-state index in [0.717, 1.165) is 30.6 Å². The molecule has 1 fully saturated rings. The van der Waals surface area contributed by atoms with Crippen LogP contribution in [0.1, 0.15) is 49.9 Å². The molecule has 1 saturated heterocycles. The van der Waals surface area contributed by atoms with Gasteiger partial charge in [0.05, 0.1) is 17.9 Å². The zero-order valence-electron chi connectivity index (χ0n) is 15.7. The number of amides is 2. The lowest BCUT2D eigenvalue weighted by molar-refractivity contribution is -0.133. The summed E-state index contributed by atoms with van der Waals surface area (Å²) in [5, 5.41) is 7.29. The van der Waals surface area contributed by atoms with E-state index in [-0.39, 0.29) is 30.1 Å². The number of aromatic nitrogens is 2. The van der Waals surface area contributed by atoms with Gasteiger partial charge >= 0.3 is 0 Å². The number of hydrogen-bond acceptors (Lipinski definition) is 3. The second-order valence-electron chi connectivity index (χ2n) is 6.95. The molecule has 1 aliphatic heterocycles. The summed E-state index contributed by atoms with van der Waals surface area (Å²) in [6, 6.07) is 6.00. The van der Waals surface area contributed by atoms with Crippen molar-refractivity contribution in [2.45, 2.75) is 45.6 Å². The van der Waals surface area contributed by atoms with Crippen LogP contribution in [0.5, 0.6) is 0 Å². The van der Waals surface area contributed by atoms with E-state index >= 15 is 0 Å². The molecule has 1 N–H and O–H groups in total. The molecule has 2 amide bonds. The van der Waals surface area contributed by atoms with Crippen molar-refractivity contribution in [3.05, 3.63) is 47.5 Å². The smallest absolute Gasteiger partial charge is 0.222 e. The number of benzene rings is 1. The Hall–Kier alpha value is -2.70. The minimum Gasteiger partial charge on any atom is -0.349 e. The van der Waals surface area contributed by atoms with Crippen LogP contribution >= 0.6 is 0 Å². The average molecular weight is 372 g/mol. The Bertz CT molecular complexity index is 833. The fraction of sp³-hybridized carbons (Fsp3) is 0.450. The minimum absolute atomic E-state index is 0.0984. The van der Waals surface area contributed by atoms with Crippen LogP contribution in [0.3, 0.4) is 0 Å². The molecular weight excluding hydrogens is 347 g/mol. The summed E-state index contributed by atoms with van der Waals surface area (Å²) in [6.45, 7) is 4.98. The molecule has 1 atom stereocenters. The third kappa shape index (κ3) is 4.53. The molecule has 7 heteroatoms. The molecule has 0 spiro atoms. The molecule has 0 bridgehead atoms. The fourth-order valence-corrected chi connectivity index (χ4v) is 3.44. The Kier molecular flexibility index (Phi) is 5.88. The van der Waals surface area contributed by atoms with Crippen molar-refractivity contribution in [3.63, 3.8) is 0 Å². The van der Waals surface area contributed by atoms with Gasteiger partial charge in [0.15, 0.2) is 0 Å². The molecule has 144 valence electrons. The summed E-state index contributed by atoms with van der Waals surface area (Å²) in [7, 11) is 0. The van der Waals surface area contributed by atoms with Crippen LogP contribution in [-0.4, -0.2) is 39.6 Å². The maximum absolute atomic E-state index is 13.5. The summed E-state index contributed by atoms with van der Waals surface area (Å²) in [5.41, 5.74) is 2.36. The lowest BCUT2D eigenvalue weighted by Crippen LogP contribution is -2.38. The van der Waals surface area contributed by atoms with Gasteiger partial charge in [0.2, 0.25) is 11.8 Å². The monoisotopic (exact) mass is 372 g/mol. The van der Waals surface area contributed by atoms with Gasteiger partial charge in [-0.1, -0.05) is 6.07 Å². The quantitative estimate of drug-likeness (QED) is 0.848. The van der Waals surface area contributed by atoms with Crippen LogP contribution in [0.25, 0.3) is 5.69 Å². The second-order valence-corrected chi connectivity index (χ2v) is 6.95. The van der Waals surface area contributed by atoms with Crippen LogP contribution in [0.15, 0.2) is 30.5 Å². The average Bonchev–Trinajstić information content (AvgIpc) is 3.02. The number of nitrogens with zero attached hydrogens (tertiary/aromatic N) is 3. The third-order valence-corrected chi connectivity index (χ3v) is 4.97. The molecule has 1 unspecified atom stereocenters. The molecular formula is C20H25FN4O2. The molecule has 1 aromatic heterocycles. The van der Waals surface area contributed by atoms with Crippen molar-refractivity contribution >= 4 is 11.8 Å². The number of carbonyl (C=O) groups excluding carboxylic acids is 2. The van der Waals surface area contributed by atoms with E-state index in [1.165, 1.54) is 12.1 Å². The highest BCUT2D eigenvalue weighted by molar-refractivity contribution is 5.79. The molecule has 2 heterocycles. The van der Waals surface area contributed by atoms with Crippen molar-refractivity contribution in [1.82, 2.24) is 20.0 Å². The second kappa shape index (κ2) is 8.33. The van der Waals surface area contributed by atoms with Gasteiger partial charge in [-0.15, -0.1) is 0 Å². The highest BCUT2D eigenvalue weighted by Gasteiger charge is 2.20. The Morgan fingerprint density at radius 3 is 2.93 bits per heavy atom. The lowest BCUT2D eigenvalue weighted by atomic mass is 10.1. The number of carbonyl (C=O) groups is 2. The normalized spacial score (nSPS) is 15.7. The molecule has 0 aliphatic carbocycles. The van der Waals surface area contributed by atoms with E-state index in [0.29, 0.717) is 18.7 Å². The van der Waals surface area contributed by atoms with Gasteiger partial charge in [-0.25, -0.2) is 9.07 Å². The first-order valence-corrected chi connectivity index (χ1v) is 9.33. The SMILES string of the molecule is Cc1c(C(C)NC(=O)CCN2CCCCC2=O)cnn1-c1cccc(F)c1. The maximum atomic E-state index is 13.5. The van der Waals surface area contributed by atoms with Gasteiger partial charge in [0.1, 0.15) is 5.82 Å². The standard InChI is InChI=1S/C20H25FN4O2/c1-14(23-19(26)9-11-24-10-4-3-8-20(24)27)18-13-22-25(15(18)2)17-7-5-6-16(21)12-17/h5-7,12-14H,3-4,8-11H2,1-2H3,(H,23,26). The van der Waals surface area contributed by atoms with E-state index in [1.807, 2.05) is 13.8 Å². The topological polar surface area (TPSA) is 67.2 Å². The number of nitrogens with one attached hydrogen (secondary N) is 1. The van der Waals surface area contributed by atoms with Gasteiger partial charge in [-0.05, 0) is 44.9 Å². The number of hydrogen-bond donors (Lipinski definition) is 1. The zero-order valence-corrected chi connectivity index (χ0v) is 15.7. The Balaban J connectivity index is 1.60. The predicted molar refractivity (Wildman–Crippen MR) is 99.9 cm³/mol. The van der Waals surface area contributed by atoms with Crippen LogP contribution in [0, 0.1) is 12.7 Å². The van der Waals surface area contributed by atoms with Gasteiger partial charge in [0, 0.05) is 37.2 Å². The van der Waals surface area contributed by atoms with Gasteiger partial charge < -0.3 is 10.2 Å². The summed E-state index contributed by atoms with van der Waals surface area (Å²) in [6.07, 6.45) is 4.50. The number of likely N-dealkylation sites (tertiary alicyclic amines) is 1. The van der Waals surface area contributed by atoms with Crippen molar-refractivity contribution in [1.29, 1.82) is 0 Å². The van der Waals surface area contributed by atoms with E-state index in [2.05, 4.69) is 10.4 Å². The van der Waals surface area contributed by atoms with E-state index < -0.39 is 0 Å². The van der Waals surface area contributed by atoms with Gasteiger partial charge in [0.25, 0.3) is 0 Å². The third-order valence-electron chi connectivity index (χ3n) is 4.97. The molecule has 2 aromatic rings. The van der Waals surface area contributed by atoms with Gasteiger partial charge in [-0.2, -0.15) is 5.10 Å². The van der Waals surface area contributed by atoms with Crippen molar-refractivity contribution in [3.8, 4) is 5.69 Å². The predicted octanol–water partition coefficient (Wildman–Crippen LogP) is 2.90. The Labute approximate surface area is 158 Å². The highest BCUT2D eigenvalue weighted by atomic mass is 19.1. The minimum atomic E-state index is -0.322. The zero-order chi connectivity index (χ0) is 19.4. The van der Waals surface area contributed by atoms with E-state index in [9.17, 15) is 14.0 Å². The fourth-order valence-electron chi connectivity index (χ4n) is 3.44. The first kappa shape index (κ1) is 19.1. The first-order valence-electron chi connectivity index (χ1n) is 9.33. The molecule has 3 rings (SSSR count). The van der Waals surface area contributed by atoms with E-state index in [4.69, 9.17) is 0 Å². The highest BCUT2D eigenvalue weighted by Crippen LogP contribution is 2.20. The van der Waals surface area contributed by atoms with Crippen molar-refractivity contribution in [2.75, 3.05) is 13.1 Å². The molecule has 1 aromatic carbocycles. The van der Waals surface area contributed by atoms with Crippen molar-refractivity contribution in [2.24, 2.45) is 0 Å². The number of halogens is 1. The number of piperidine rings is 1. The van der Waals surface area contributed by atoms with E-state index in [1.54, 1.807) is 27.9 Å². The van der Waals surface area contributed by atoms with Gasteiger partial charge in [-0.3, -0.25) is 9.59 Å². The Morgan fingerprint density at radius 2 is 2.19 bits per heavy atom.